The number of nitrogens with one attached hydrogen (secondary N) is 1. The van der Waals surface area contributed by atoms with Gasteiger partial charge in [-0.05, 0) is 31.2 Å². The summed E-state index contributed by atoms with van der Waals surface area (Å²) in [5.41, 5.74) is 1.71. The van der Waals surface area contributed by atoms with Crippen molar-refractivity contribution in [1.29, 1.82) is 0 Å². The Labute approximate surface area is 229 Å². The van der Waals surface area contributed by atoms with E-state index in [9.17, 15) is 9.18 Å². The maximum Gasteiger partial charge on any atom is 0.343 e. The molecule has 40 heavy (non-hydrogen) atoms. The van der Waals surface area contributed by atoms with E-state index in [1.165, 1.54) is 11.1 Å². The Morgan fingerprint density at radius 2 is 2.00 bits per heavy atom. The summed E-state index contributed by atoms with van der Waals surface area (Å²) >= 11 is 0. The van der Waals surface area contributed by atoms with Gasteiger partial charge in [-0.2, -0.15) is 4.98 Å². The van der Waals surface area contributed by atoms with Gasteiger partial charge >= 0.3 is 5.69 Å². The second-order valence-electron chi connectivity index (χ2n) is 9.77. The summed E-state index contributed by atoms with van der Waals surface area (Å²) < 4.78 is 33.7. The number of nitrogens with zero attached hydrogens (tertiary/aromatic N) is 7. The van der Waals surface area contributed by atoms with E-state index < -0.39 is 0 Å². The zero-order valence-electron chi connectivity index (χ0n) is 22.4. The summed E-state index contributed by atoms with van der Waals surface area (Å²) in [7, 11) is 1.58. The first-order valence-electron chi connectivity index (χ1n) is 13.2. The van der Waals surface area contributed by atoms with Crippen LogP contribution in [0.5, 0.6) is 5.75 Å². The van der Waals surface area contributed by atoms with Crippen LogP contribution in [0.4, 0.5) is 15.9 Å². The molecule has 1 unspecified atom stereocenters. The molecule has 2 aliphatic heterocycles. The third-order valence-corrected chi connectivity index (χ3v) is 7.32. The molecule has 0 aliphatic carbocycles. The third-order valence-electron chi connectivity index (χ3n) is 7.32. The molecule has 6 rings (SSSR count). The minimum Gasteiger partial charge on any atom is -0.488 e. The highest BCUT2D eigenvalue weighted by Crippen LogP contribution is 2.29. The number of ether oxygens (including phenoxy) is 2. The third kappa shape index (κ3) is 4.74. The van der Waals surface area contributed by atoms with Gasteiger partial charge in [0.15, 0.2) is 23.1 Å². The van der Waals surface area contributed by atoms with Gasteiger partial charge in [0, 0.05) is 58.1 Å². The number of hydrogen-bond acceptors (Lipinski definition) is 10. The van der Waals surface area contributed by atoms with Gasteiger partial charge in [-0.1, -0.05) is 0 Å². The van der Waals surface area contributed by atoms with E-state index in [1.54, 1.807) is 34.6 Å². The van der Waals surface area contributed by atoms with Crippen LogP contribution >= 0.6 is 0 Å². The molecule has 3 N–H and O–H groups in total. The lowest BCUT2D eigenvalue weighted by Gasteiger charge is -2.36. The van der Waals surface area contributed by atoms with Crippen LogP contribution in [0, 0.1) is 5.82 Å². The summed E-state index contributed by atoms with van der Waals surface area (Å²) in [6, 6.07) is 8.64. The van der Waals surface area contributed by atoms with E-state index in [0.717, 1.165) is 31.9 Å². The van der Waals surface area contributed by atoms with Crippen molar-refractivity contribution in [3.8, 4) is 5.75 Å². The number of imidazole rings is 1. The van der Waals surface area contributed by atoms with Crippen LogP contribution in [0.3, 0.4) is 0 Å². The number of rotatable bonds is 9. The van der Waals surface area contributed by atoms with Gasteiger partial charge in [-0.25, -0.2) is 24.6 Å². The molecule has 0 amide bonds. The van der Waals surface area contributed by atoms with Gasteiger partial charge < -0.3 is 18.8 Å². The van der Waals surface area contributed by atoms with E-state index in [-0.39, 0.29) is 23.4 Å². The molecule has 5 heterocycles. The lowest BCUT2D eigenvalue weighted by molar-refractivity contribution is 0.144. The number of halogens is 1. The lowest BCUT2D eigenvalue weighted by Crippen LogP contribution is -2.47. The molecule has 1 saturated heterocycles. The van der Waals surface area contributed by atoms with Crippen LogP contribution in [0.25, 0.3) is 5.78 Å². The number of fused-ring (bicyclic) bond motifs is 3. The van der Waals surface area contributed by atoms with Crippen molar-refractivity contribution in [2.45, 2.75) is 19.6 Å². The summed E-state index contributed by atoms with van der Waals surface area (Å²) in [4.78, 5) is 26.7. The lowest BCUT2D eigenvalue weighted by atomic mass is 10.1. The molecule has 14 heteroatoms. The Kier molecular flexibility index (Phi) is 7.04. The second kappa shape index (κ2) is 10.8. The van der Waals surface area contributed by atoms with Gasteiger partial charge in [-0.3, -0.25) is 19.5 Å². The minimum atomic E-state index is -0.389. The van der Waals surface area contributed by atoms with Gasteiger partial charge in [-0.15, -0.1) is 0 Å². The van der Waals surface area contributed by atoms with Crippen LogP contribution in [0.1, 0.15) is 18.4 Å². The molecule has 13 nitrogen and oxygen atoms in total. The maximum absolute atomic E-state index is 14.5. The summed E-state index contributed by atoms with van der Waals surface area (Å²) in [6.07, 6.45) is 1.23. The fraction of sp³-hybridized carbons (Fsp3) is 0.423. The van der Waals surface area contributed by atoms with Gasteiger partial charge in [0.25, 0.3) is 0 Å². The van der Waals surface area contributed by atoms with E-state index in [0.29, 0.717) is 55.1 Å². The van der Waals surface area contributed by atoms with Crippen molar-refractivity contribution in [1.82, 2.24) is 24.1 Å². The van der Waals surface area contributed by atoms with Crippen molar-refractivity contribution in [3.63, 3.8) is 0 Å². The highest BCUT2D eigenvalue weighted by Gasteiger charge is 2.33. The number of hydrazine groups is 1. The summed E-state index contributed by atoms with van der Waals surface area (Å²) in [5.74, 6) is 7.66. The Morgan fingerprint density at radius 3 is 2.73 bits per heavy atom. The maximum atomic E-state index is 14.5. The van der Waals surface area contributed by atoms with Crippen LogP contribution < -0.4 is 26.2 Å². The average Bonchev–Trinajstić information content (AvgIpc) is 3.68. The highest BCUT2D eigenvalue weighted by atomic mass is 19.1. The molecule has 0 spiro atoms. The number of nitrogens with two attached hydrogens (primary N) is 1. The Balaban J connectivity index is 1.13. The van der Waals surface area contributed by atoms with E-state index in [4.69, 9.17) is 24.7 Å². The average molecular weight is 554 g/mol. The summed E-state index contributed by atoms with van der Waals surface area (Å²) in [5, 5.41) is 4.37. The minimum absolute atomic E-state index is 0.220. The predicted octanol–water partition coefficient (Wildman–Crippen LogP) is 1.28. The Morgan fingerprint density at radius 1 is 1.18 bits per heavy atom. The van der Waals surface area contributed by atoms with Crippen molar-refractivity contribution in [2.24, 2.45) is 10.8 Å². The highest BCUT2D eigenvalue weighted by molar-refractivity contribution is 6.14. The predicted molar refractivity (Wildman–Crippen MR) is 147 cm³/mol. The molecule has 0 bridgehead atoms. The standard InChI is InChI=1S/C26H32FN9O4/c1-17-29-22(21-4-3-13-39-21)23-24(35(17)28)30-25-34(26(37)31-36(23)25)12-9-32-7-10-33(11-8-32)18-5-6-20(19(27)16-18)40-15-14-38-2/h3-6,13,16-17H,7-12,14-15,28H2,1-2H3,(H,31,37). The molecule has 4 aromatic rings. The van der Waals surface area contributed by atoms with Crippen molar-refractivity contribution >= 4 is 23.0 Å². The number of piperazine rings is 1. The normalized spacial score (nSPS) is 17.9. The molecule has 3 aromatic heterocycles. The van der Waals surface area contributed by atoms with Crippen LogP contribution in [-0.4, -0.2) is 89.0 Å². The smallest absolute Gasteiger partial charge is 0.343 e. The topological polar surface area (TPSA) is 135 Å². The SMILES string of the molecule is COCCOc1ccc(N2CCN(CCn3c(=O)[nH]n4c5c(nc34)N(N)C(C)N=C5c3ccco3)CC2)cc1F. The van der Waals surface area contributed by atoms with Gasteiger partial charge in [0.05, 0.1) is 12.9 Å². The van der Waals surface area contributed by atoms with Gasteiger partial charge in [0.2, 0.25) is 5.78 Å². The fourth-order valence-electron chi connectivity index (χ4n) is 5.12. The molecule has 212 valence electrons. The summed E-state index contributed by atoms with van der Waals surface area (Å²) in [6.45, 7) is 6.69. The molecule has 0 radical (unpaired) electrons. The first-order chi connectivity index (χ1) is 19.4. The molecule has 2 aliphatic rings. The number of hydrogen-bond donors (Lipinski definition) is 2. The first kappa shape index (κ1) is 26.1. The van der Waals surface area contributed by atoms with Gasteiger partial charge in [0.1, 0.15) is 24.2 Å². The number of methoxy groups -OCH3 is 1. The van der Waals surface area contributed by atoms with Crippen LogP contribution in [0.2, 0.25) is 0 Å². The number of furan rings is 1. The van der Waals surface area contributed by atoms with E-state index in [2.05, 4.69) is 19.9 Å². The first-order valence-corrected chi connectivity index (χ1v) is 13.2. The molecule has 1 fully saturated rings. The van der Waals surface area contributed by atoms with E-state index >= 15 is 0 Å². The second-order valence-corrected chi connectivity index (χ2v) is 9.77. The van der Waals surface area contributed by atoms with Crippen LogP contribution in [-0.2, 0) is 11.3 Å². The zero-order chi connectivity index (χ0) is 27.8. The number of aromatic nitrogens is 4. The molecule has 0 saturated carbocycles. The number of aromatic amines is 1. The Bertz CT molecular complexity index is 1570. The number of anilines is 2. The van der Waals surface area contributed by atoms with Crippen LogP contribution in [0.15, 0.2) is 50.8 Å². The largest absolute Gasteiger partial charge is 0.488 e. The van der Waals surface area contributed by atoms with Crippen molar-refractivity contribution < 1.29 is 18.3 Å². The Hall–Kier alpha value is -4.14. The monoisotopic (exact) mass is 553 g/mol. The molecule has 1 aromatic carbocycles. The quantitative estimate of drug-likeness (QED) is 0.232. The van der Waals surface area contributed by atoms with Crippen molar-refractivity contribution in [2.75, 3.05) is 63.0 Å². The van der Waals surface area contributed by atoms with E-state index in [1.807, 2.05) is 19.1 Å². The number of benzene rings is 1. The number of H-pyrrole nitrogens is 1. The van der Waals surface area contributed by atoms with Crippen molar-refractivity contribution in [3.05, 3.63) is 64.4 Å². The molecular formula is C26H32FN9O4. The number of aliphatic imine (C=N–C) groups is 1. The fourth-order valence-corrected chi connectivity index (χ4v) is 5.12. The molecule has 1 atom stereocenters. The zero-order valence-corrected chi connectivity index (χ0v) is 22.4. The molecular weight excluding hydrogens is 521 g/mol.